The van der Waals surface area contributed by atoms with Gasteiger partial charge in [0.15, 0.2) is 0 Å². The molecule has 2 aliphatic heterocycles. The molecule has 96 valence electrons. The molecule has 2 aliphatic rings. The molecule has 0 aliphatic carbocycles. The monoisotopic (exact) mass is 244 g/mol. The first-order valence-corrected chi connectivity index (χ1v) is 6.94. The van der Waals surface area contributed by atoms with E-state index in [2.05, 4.69) is 35.3 Å². The first-order valence-electron chi connectivity index (χ1n) is 6.94. The van der Waals surface area contributed by atoms with Crippen molar-refractivity contribution in [3.8, 4) is 0 Å². The van der Waals surface area contributed by atoms with Gasteiger partial charge in [0.2, 0.25) is 5.91 Å². The molecule has 0 unspecified atom stereocenters. The number of benzene rings is 1. The van der Waals surface area contributed by atoms with Gasteiger partial charge in [0.25, 0.3) is 0 Å². The quantitative estimate of drug-likeness (QED) is 0.861. The fourth-order valence-corrected chi connectivity index (χ4v) is 3.08. The maximum Gasteiger partial charge on any atom is 0.231 e. The zero-order chi connectivity index (χ0) is 12.5. The van der Waals surface area contributed by atoms with Crippen LogP contribution in [0.15, 0.2) is 18.2 Å². The van der Waals surface area contributed by atoms with Crippen molar-refractivity contribution in [1.29, 1.82) is 0 Å². The number of carbonyl (C=O) groups is 1. The van der Waals surface area contributed by atoms with Gasteiger partial charge in [-0.25, -0.2) is 0 Å². The normalized spacial score (nSPS) is 20.3. The maximum absolute atomic E-state index is 12.2. The molecule has 0 spiro atoms. The summed E-state index contributed by atoms with van der Waals surface area (Å²) in [6, 6.07) is 6.90. The second-order valence-electron chi connectivity index (χ2n) is 5.24. The lowest BCUT2D eigenvalue weighted by atomic mass is 10.0. The number of aryl methyl sites for hydroxylation is 1. The smallest absolute Gasteiger partial charge is 0.231 e. The first-order chi connectivity index (χ1) is 8.79. The lowest BCUT2D eigenvalue weighted by molar-refractivity contribution is -0.117. The number of fused-ring (bicyclic) bond motifs is 1. The minimum absolute atomic E-state index is 0.283. The molecule has 1 fully saturated rings. The van der Waals surface area contributed by atoms with Gasteiger partial charge in [-0.05, 0) is 49.5 Å². The maximum atomic E-state index is 12.2. The zero-order valence-electron chi connectivity index (χ0n) is 10.9. The Morgan fingerprint density at radius 2 is 2.11 bits per heavy atom. The summed E-state index contributed by atoms with van der Waals surface area (Å²) in [5.74, 6) is 0.283. The van der Waals surface area contributed by atoms with Crippen molar-refractivity contribution < 1.29 is 4.79 Å². The Kier molecular flexibility index (Phi) is 3.08. The zero-order valence-corrected chi connectivity index (χ0v) is 10.9. The molecule has 0 aromatic heterocycles. The number of piperidine rings is 1. The van der Waals surface area contributed by atoms with Crippen LogP contribution in [-0.4, -0.2) is 25.0 Å². The molecule has 0 bridgehead atoms. The van der Waals surface area contributed by atoms with E-state index in [0.717, 1.165) is 38.0 Å². The summed E-state index contributed by atoms with van der Waals surface area (Å²) in [5.41, 5.74) is 3.70. The summed E-state index contributed by atoms with van der Waals surface area (Å²) in [6.07, 6.45) is 3.77. The minimum atomic E-state index is 0.283. The summed E-state index contributed by atoms with van der Waals surface area (Å²) in [6.45, 7) is 4.21. The summed E-state index contributed by atoms with van der Waals surface area (Å²) < 4.78 is 0. The van der Waals surface area contributed by atoms with Crippen molar-refractivity contribution in [1.82, 2.24) is 5.32 Å². The Labute approximate surface area is 108 Å². The third kappa shape index (κ3) is 1.93. The molecule has 1 aromatic rings. The van der Waals surface area contributed by atoms with E-state index < -0.39 is 0 Å². The van der Waals surface area contributed by atoms with Gasteiger partial charge in [-0.3, -0.25) is 4.79 Å². The largest absolute Gasteiger partial charge is 0.317 e. The number of hydrogen-bond donors (Lipinski definition) is 1. The Morgan fingerprint density at radius 1 is 1.33 bits per heavy atom. The van der Waals surface area contributed by atoms with E-state index in [4.69, 9.17) is 0 Å². The van der Waals surface area contributed by atoms with Crippen molar-refractivity contribution in [3.63, 3.8) is 0 Å². The second kappa shape index (κ2) is 4.73. The summed E-state index contributed by atoms with van der Waals surface area (Å²) >= 11 is 0. The van der Waals surface area contributed by atoms with Crippen molar-refractivity contribution in [2.75, 3.05) is 18.0 Å². The molecule has 3 nitrogen and oxygen atoms in total. The van der Waals surface area contributed by atoms with Crippen molar-refractivity contribution >= 4 is 11.6 Å². The van der Waals surface area contributed by atoms with Gasteiger partial charge >= 0.3 is 0 Å². The number of amides is 1. The summed E-state index contributed by atoms with van der Waals surface area (Å²) in [5, 5.41) is 3.36. The van der Waals surface area contributed by atoms with Crippen LogP contribution in [-0.2, 0) is 17.6 Å². The highest BCUT2D eigenvalue weighted by Gasteiger charge is 2.33. The third-order valence-corrected chi connectivity index (χ3v) is 4.10. The summed E-state index contributed by atoms with van der Waals surface area (Å²) in [7, 11) is 0. The Bertz CT molecular complexity index is 464. The highest BCUT2D eigenvalue weighted by molar-refractivity contribution is 6.02. The Balaban J connectivity index is 1.91. The third-order valence-electron chi connectivity index (χ3n) is 4.10. The van der Waals surface area contributed by atoms with Gasteiger partial charge in [0.1, 0.15) is 0 Å². The highest BCUT2D eigenvalue weighted by atomic mass is 16.2. The molecule has 0 atom stereocenters. The predicted octanol–water partition coefficient (Wildman–Crippen LogP) is 1.89. The Morgan fingerprint density at radius 3 is 2.83 bits per heavy atom. The average molecular weight is 244 g/mol. The van der Waals surface area contributed by atoms with Gasteiger partial charge in [-0.2, -0.15) is 0 Å². The Hall–Kier alpha value is -1.35. The van der Waals surface area contributed by atoms with E-state index in [1.165, 1.54) is 11.1 Å². The number of carbonyl (C=O) groups excluding carboxylic acids is 1. The van der Waals surface area contributed by atoms with Crippen LogP contribution in [0.5, 0.6) is 0 Å². The van der Waals surface area contributed by atoms with Crippen LogP contribution < -0.4 is 10.2 Å². The highest BCUT2D eigenvalue weighted by Crippen LogP contribution is 2.33. The first kappa shape index (κ1) is 11.7. The van der Waals surface area contributed by atoms with E-state index in [9.17, 15) is 4.79 Å². The van der Waals surface area contributed by atoms with Crippen LogP contribution in [0.4, 0.5) is 5.69 Å². The lowest BCUT2D eigenvalue weighted by Crippen LogP contribution is -2.44. The number of hydrogen-bond acceptors (Lipinski definition) is 2. The number of nitrogens with zero attached hydrogens (tertiary/aromatic N) is 1. The van der Waals surface area contributed by atoms with Crippen LogP contribution in [0, 0.1) is 0 Å². The van der Waals surface area contributed by atoms with Crippen LogP contribution in [0.2, 0.25) is 0 Å². The molecule has 3 rings (SSSR count). The van der Waals surface area contributed by atoms with E-state index in [-0.39, 0.29) is 5.91 Å². The molecular weight excluding hydrogens is 224 g/mol. The fourth-order valence-electron chi connectivity index (χ4n) is 3.08. The number of rotatable bonds is 2. The standard InChI is InChI=1S/C15H20N2O/c1-2-11-3-4-14-12(9-11)10-15(18)17(14)13-5-7-16-8-6-13/h3-4,9,13,16H,2,5-8,10H2,1H3. The van der Waals surface area contributed by atoms with Gasteiger partial charge in [-0.1, -0.05) is 19.1 Å². The van der Waals surface area contributed by atoms with Crippen LogP contribution in [0.25, 0.3) is 0 Å². The average Bonchev–Trinajstić information content (AvgIpc) is 2.74. The molecule has 1 N–H and O–H groups in total. The SMILES string of the molecule is CCc1ccc2c(c1)CC(=O)N2C1CCNCC1. The topological polar surface area (TPSA) is 32.3 Å². The lowest BCUT2D eigenvalue weighted by Gasteiger charge is -2.32. The van der Waals surface area contributed by atoms with Crippen molar-refractivity contribution in [3.05, 3.63) is 29.3 Å². The molecule has 1 aromatic carbocycles. The van der Waals surface area contributed by atoms with E-state index >= 15 is 0 Å². The van der Waals surface area contributed by atoms with Gasteiger partial charge < -0.3 is 10.2 Å². The van der Waals surface area contributed by atoms with E-state index in [1.807, 2.05) is 0 Å². The van der Waals surface area contributed by atoms with E-state index in [0.29, 0.717) is 12.5 Å². The molecule has 1 amide bonds. The minimum Gasteiger partial charge on any atom is -0.317 e. The molecule has 3 heteroatoms. The van der Waals surface area contributed by atoms with Crippen LogP contribution >= 0.6 is 0 Å². The number of nitrogens with one attached hydrogen (secondary N) is 1. The van der Waals surface area contributed by atoms with E-state index in [1.54, 1.807) is 0 Å². The molecule has 2 heterocycles. The summed E-state index contributed by atoms with van der Waals surface area (Å²) in [4.78, 5) is 14.3. The fraction of sp³-hybridized carbons (Fsp3) is 0.533. The van der Waals surface area contributed by atoms with Gasteiger partial charge in [-0.15, -0.1) is 0 Å². The van der Waals surface area contributed by atoms with Crippen molar-refractivity contribution in [2.24, 2.45) is 0 Å². The van der Waals surface area contributed by atoms with Gasteiger partial charge in [0.05, 0.1) is 6.42 Å². The van der Waals surface area contributed by atoms with Gasteiger partial charge in [0, 0.05) is 11.7 Å². The van der Waals surface area contributed by atoms with Crippen LogP contribution in [0.1, 0.15) is 30.9 Å². The van der Waals surface area contributed by atoms with Crippen LogP contribution in [0.3, 0.4) is 0 Å². The number of anilines is 1. The molecule has 18 heavy (non-hydrogen) atoms. The molecule has 1 saturated heterocycles. The molecular formula is C15H20N2O. The molecule has 0 saturated carbocycles. The molecule has 0 radical (unpaired) electrons. The van der Waals surface area contributed by atoms with Crippen molar-refractivity contribution in [2.45, 2.75) is 38.6 Å². The predicted molar refractivity (Wildman–Crippen MR) is 72.9 cm³/mol. The second-order valence-corrected chi connectivity index (χ2v) is 5.24.